The number of benzene rings is 1. The lowest BCUT2D eigenvalue weighted by Gasteiger charge is -2.26. The molecule has 4 nitrogen and oxygen atoms in total. The Bertz CT molecular complexity index is 772. The highest BCUT2D eigenvalue weighted by atomic mass is 35.5. The Balaban J connectivity index is 2.10. The highest BCUT2D eigenvalue weighted by molar-refractivity contribution is 7.91. The third kappa shape index (κ3) is 2.79. The van der Waals surface area contributed by atoms with Crippen molar-refractivity contribution >= 4 is 32.5 Å². The van der Waals surface area contributed by atoms with Crippen molar-refractivity contribution in [2.24, 2.45) is 0 Å². The summed E-state index contributed by atoms with van der Waals surface area (Å²) in [7, 11) is -2.93. The molecule has 0 aliphatic carbocycles. The van der Waals surface area contributed by atoms with Gasteiger partial charge in [0.1, 0.15) is 21.5 Å². The van der Waals surface area contributed by atoms with E-state index in [1.807, 2.05) is 11.5 Å². The predicted molar refractivity (Wildman–Crippen MR) is 80.9 cm³/mol. The van der Waals surface area contributed by atoms with E-state index >= 15 is 0 Å². The molecule has 7 heteroatoms. The molecule has 1 aliphatic heterocycles. The Morgan fingerprint density at radius 2 is 2.05 bits per heavy atom. The number of fused-ring (bicyclic) bond motifs is 1. The second kappa shape index (κ2) is 5.25. The Morgan fingerprint density at radius 1 is 1.38 bits per heavy atom. The number of halogens is 2. The standard InChI is InChI=1S/C14H16ClFN2O2S/c1-9(15)14-17-12-8-10(16)2-3-13(12)18(14)11-4-6-21(19,20)7-5-11/h2-3,8-9,11H,4-7H2,1H3. The molecule has 0 spiro atoms. The largest absolute Gasteiger partial charge is 0.324 e. The lowest BCUT2D eigenvalue weighted by atomic mass is 10.1. The lowest BCUT2D eigenvalue weighted by molar-refractivity contribution is 0.446. The van der Waals surface area contributed by atoms with Crippen LogP contribution in [0.2, 0.25) is 0 Å². The van der Waals surface area contributed by atoms with E-state index in [0.29, 0.717) is 24.2 Å². The van der Waals surface area contributed by atoms with Crippen LogP contribution < -0.4 is 0 Å². The molecular weight excluding hydrogens is 315 g/mol. The van der Waals surface area contributed by atoms with E-state index in [0.717, 1.165) is 5.52 Å². The first-order valence-electron chi connectivity index (χ1n) is 6.89. The number of hydrogen-bond donors (Lipinski definition) is 0. The van der Waals surface area contributed by atoms with Crippen LogP contribution in [0.4, 0.5) is 4.39 Å². The lowest BCUT2D eigenvalue weighted by Crippen LogP contribution is -2.26. The van der Waals surface area contributed by atoms with E-state index in [-0.39, 0.29) is 28.7 Å². The Labute approximate surface area is 127 Å². The SMILES string of the molecule is CC(Cl)c1nc2cc(F)ccc2n1C1CCS(=O)(=O)CC1. The van der Waals surface area contributed by atoms with Crippen LogP contribution in [0.1, 0.15) is 37.0 Å². The van der Waals surface area contributed by atoms with E-state index in [9.17, 15) is 12.8 Å². The summed E-state index contributed by atoms with van der Waals surface area (Å²) in [5, 5.41) is -0.320. The maximum atomic E-state index is 13.4. The van der Waals surface area contributed by atoms with Crippen LogP contribution in [0.5, 0.6) is 0 Å². The van der Waals surface area contributed by atoms with Gasteiger partial charge in [-0.15, -0.1) is 11.6 Å². The van der Waals surface area contributed by atoms with Gasteiger partial charge < -0.3 is 4.57 Å². The van der Waals surface area contributed by atoms with Crippen LogP contribution in [-0.4, -0.2) is 29.5 Å². The Morgan fingerprint density at radius 3 is 2.67 bits per heavy atom. The van der Waals surface area contributed by atoms with E-state index in [2.05, 4.69) is 4.98 Å². The third-order valence-corrected chi connectivity index (χ3v) is 5.83. The molecule has 0 radical (unpaired) electrons. The molecule has 21 heavy (non-hydrogen) atoms. The number of rotatable bonds is 2. The van der Waals surface area contributed by atoms with Crippen molar-refractivity contribution in [1.82, 2.24) is 9.55 Å². The normalized spacial score (nSPS) is 20.7. The smallest absolute Gasteiger partial charge is 0.150 e. The summed E-state index contributed by atoms with van der Waals surface area (Å²) in [5.41, 5.74) is 1.37. The Kier molecular flexibility index (Phi) is 3.69. The zero-order chi connectivity index (χ0) is 15.2. The molecule has 114 valence electrons. The predicted octanol–water partition coefficient (Wildman–Crippen LogP) is 3.22. The molecule has 1 aliphatic rings. The highest BCUT2D eigenvalue weighted by Crippen LogP contribution is 2.33. The molecule has 1 atom stereocenters. The van der Waals surface area contributed by atoms with Gasteiger partial charge in [0.15, 0.2) is 0 Å². The zero-order valence-electron chi connectivity index (χ0n) is 11.6. The molecule has 2 heterocycles. The summed E-state index contributed by atoms with van der Waals surface area (Å²) in [4.78, 5) is 4.43. The molecule has 1 unspecified atom stereocenters. The first-order valence-corrected chi connectivity index (χ1v) is 9.15. The maximum Gasteiger partial charge on any atom is 0.150 e. The first-order chi connectivity index (χ1) is 9.87. The van der Waals surface area contributed by atoms with E-state index in [4.69, 9.17) is 11.6 Å². The first kappa shape index (κ1) is 14.8. The topological polar surface area (TPSA) is 52.0 Å². The summed E-state index contributed by atoms with van der Waals surface area (Å²) >= 11 is 6.20. The van der Waals surface area contributed by atoms with Crippen molar-refractivity contribution in [1.29, 1.82) is 0 Å². The molecule has 0 saturated carbocycles. The molecule has 1 saturated heterocycles. The van der Waals surface area contributed by atoms with Gasteiger partial charge in [0.05, 0.1) is 27.9 Å². The second-order valence-electron chi connectivity index (χ2n) is 5.47. The van der Waals surface area contributed by atoms with Gasteiger partial charge in [-0.25, -0.2) is 17.8 Å². The number of alkyl halides is 1. The molecule has 0 N–H and O–H groups in total. The minimum atomic E-state index is -2.93. The van der Waals surface area contributed by atoms with Crippen LogP contribution in [0.15, 0.2) is 18.2 Å². The van der Waals surface area contributed by atoms with Gasteiger partial charge in [-0.2, -0.15) is 0 Å². The summed E-state index contributed by atoms with van der Waals surface area (Å²) in [6.45, 7) is 1.81. The number of hydrogen-bond acceptors (Lipinski definition) is 3. The van der Waals surface area contributed by atoms with Gasteiger partial charge in [0, 0.05) is 12.1 Å². The van der Waals surface area contributed by atoms with Crippen LogP contribution in [0, 0.1) is 5.82 Å². The van der Waals surface area contributed by atoms with Crippen molar-refractivity contribution in [3.05, 3.63) is 29.8 Å². The van der Waals surface area contributed by atoms with Crippen LogP contribution in [0.3, 0.4) is 0 Å². The van der Waals surface area contributed by atoms with Crippen LogP contribution >= 0.6 is 11.6 Å². The molecule has 2 aromatic rings. The van der Waals surface area contributed by atoms with Gasteiger partial charge in [0.2, 0.25) is 0 Å². The Hall–Kier alpha value is -1.14. The highest BCUT2D eigenvalue weighted by Gasteiger charge is 2.28. The molecule has 0 bridgehead atoms. The van der Waals surface area contributed by atoms with Crippen molar-refractivity contribution < 1.29 is 12.8 Å². The fraction of sp³-hybridized carbons (Fsp3) is 0.500. The molecule has 0 amide bonds. The van der Waals surface area contributed by atoms with Gasteiger partial charge in [-0.3, -0.25) is 0 Å². The monoisotopic (exact) mass is 330 g/mol. The molecule has 1 aromatic carbocycles. The van der Waals surface area contributed by atoms with Crippen LogP contribution in [-0.2, 0) is 9.84 Å². The summed E-state index contributed by atoms with van der Waals surface area (Å²) in [6, 6.07) is 4.50. The third-order valence-electron chi connectivity index (χ3n) is 3.92. The maximum absolute atomic E-state index is 13.4. The van der Waals surface area contributed by atoms with E-state index in [1.165, 1.54) is 12.1 Å². The molecule has 3 rings (SSSR count). The fourth-order valence-corrected chi connectivity index (χ4v) is 4.51. The van der Waals surface area contributed by atoms with Crippen molar-refractivity contribution in [2.45, 2.75) is 31.2 Å². The number of nitrogens with zero attached hydrogens (tertiary/aromatic N) is 2. The molecule has 1 fully saturated rings. The van der Waals surface area contributed by atoms with Gasteiger partial charge in [0.25, 0.3) is 0 Å². The van der Waals surface area contributed by atoms with E-state index < -0.39 is 9.84 Å². The minimum Gasteiger partial charge on any atom is -0.324 e. The van der Waals surface area contributed by atoms with Crippen LogP contribution in [0.25, 0.3) is 11.0 Å². The number of aromatic nitrogens is 2. The average Bonchev–Trinajstić information content (AvgIpc) is 2.77. The van der Waals surface area contributed by atoms with Gasteiger partial charge in [-0.1, -0.05) is 0 Å². The molecular formula is C14H16ClFN2O2S. The van der Waals surface area contributed by atoms with Crippen molar-refractivity contribution in [3.8, 4) is 0 Å². The fourth-order valence-electron chi connectivity index (χ4n) is 2.89. The summed E-state index contributed by atoms with van der Waals surface area (Å²) in [5.74, 6) is 0.678. The average molecular weight is 331 g/mol. The number of imidazole rings is 1. The number of sulfone groups is 1. The zero-order valence-corrected chi connectivity index (χ0v) is 13.2. The van der Waals surface area contributed by atoms with Crippen molar-refractivity contribution in [3.63, 3.8) is 0 Å². The quantitative estimate of drug-likeness (QED) is 0.794. The second-order valence-corrected chi connectivity index (χ2v) is 8.43. The minimum absolute atomic E-state index is 0.0418. The van der Waals surface area contributed by atoms with Gasteiger partial charge >= 0.3 is 0 Å². The summed E-state index contributed by atoms with van der Waals surface area (Å²) in [6.07, 6.45) is 1.09. The van der Waals surface area contributed by atoms with E-state index in [1.54, 1.807) is 6.07 Å². The molecule has 1 aromatic heterocycles. The van der Waals surface area contributed by atoms with Gasteiger partial charge in [-0.05, 0) is 31.9 Å². The summed E-state index contributed by atoms with van der Waals surface area (Å²) < 4.78 is 38.5. The van der Waals surface area contributed by atoms with Crippen molar-refractivity contribution in [2.75, 3.05) is 11.5 Å².